The summed E-state index contributed by atoms with van der Waals surface area (Å²) in [4.78, 5) is 8.27. The Kier molecular flexibility index (Phi) is 10.1. The first-order valence-corrected chi connectivity index (χ1v) is 17.0. The van der Waals surface area contributed by atoms with Crippen LogP contribution in [0.1, 0.15) is 22.3 Å². The first kappa shape index (κ1) is 33.1. The second-order valence-corrected chi connectivity index (χ2v) is 12.1. The number of nitriles is 1. The highest BCUT2D eigenvalue weighted by molar-refractivity contribution is 5.91. The van der Waals surface area contributed by atoms with Gasteiger partial charge in [0.1, 0.15) is 0 Å². The predicted molar refractivity (Wildman–Crippen MR) is 217 cm³/mol. The van der Waals surface area contributed by atoms with Gasteiger partial charge in [-0.2, -0.15) is 5.26 Å². The molecular formula is C48H34N4. The van der Waals surface area contributed by atoms with E-state index >= 15 is 0 Å². The summed E-state index contributed by atoms with van der Waals surface area (Å²) in [6, 6.07) is 67.5. The topological polar surface area (TPSA) is 34.6 Å². The highest BCUT2D eigenvalue weighted by Gasteiger charge is 2.13. The van der Waals surface area contributed by atoms with Gasteiger partial charge >= 0.3 is 0 Å². The van der Waals surface area contributed by atoms with Crippen molar-refractivity contribution < 1.29 is 0 Å². The zero-order valence-corrected chi connectivity index (χ0v) is 28.4. The summed E-state index contributed by atoms with van der Waals surface area (Å²) in [6.45, 7) is 7.94. The Balaban J connectivity index is 1.10. The highest BCUT2D eigenvalue weighted by atomic mass is 15.1. The lowest BCUT2D eigenvalue weighted by Crippen LogP contribution is -2.09. The van der Waals surface area contributed by atoms with Crippen LogP contribution in [0.5, 0.6) is 0 Å². The number of nitrogens with zero attached hydrogens (tertiary/aromatic N) is 4. The summed E-state index contributed by atoms with van der Waals surface area (Å²) in [5.74, 6) is 0. The van der Waals surface area contributed by atoms with E-state index in [9.17, 15) is 5.26 Å². The SMILES string of the molecule is [C-]#[N+]C(=Cc1ccc(N(c2ccccc2)c2ccccc2)cc1)c1ccc(C(C#N)=Cc2ccc(N(c3ccccc3)c3ccccc3)cc2)cc1. The number of hydrogen-bond acceptors (Lipinski definition) is 3. The van der Waals surface area contributed by atoms with Gasteiger partial charge in [0.15, 0.2) is 5.70 Å². The second-order valence-electron chi connectivity index (χ2n) is 12.1. The summed E-state index contributed by atoms with van der Waals surface area (Å²) in [7, 11) is 0. The molecule has 4 heteroatoms. The van der Waals surface area contributed by atoms with Gasteiger partial charge in [0.2, 0.25) is 0 Å². The largest absolute Gasteiger partial charge is 0.311 e. The standard InChI is InChI=1S/C48H34N4/c1-50-48(35-38-24-32-47(33-25-38)52(44-18-10-4-11-19-44)45-20-12-5-13-21-45)40-28-26-39(27-29-40)41(36-49)34-37-22-30-46(31-23-37)51(42-14-6-2-7-15-42)43-16-8-3-9-17-43/h2-35H. The average molecular weight is 667 g/mol. The maximum atomic E-state index is 10.1. The summed E-state index contributed by atoms with van der Waals surface area (Å²) in [5.41, 5.74) is 10.8. The van der Waals surface area contributed by atoms with Crippen LogP contribution in [0.3, 0.4) is 0 Å². The molecule has 0 atom stereocenters. The first-order valence-electron chi connectivity index (χ1n) is 17.0. The van der Waals surface area contributed by atoms with Gasteiger partial charge in [-0.3, -0.25) is 0 Å². The molecule has 246 valence electrons. The van der Waals surface area contributed by atoms with Gasteiger partial charge in [-0.1, -0.05) is 121 Å². The van der Waals surface area contributed by atoms with Gasteiger partial charge in [0.05, 0.1) is 18.2 Å². The smallest absolute Gasteiger partial charge is 0.194 e. The lowest BCUT2D eigenvalue weighted by Gasteiger charge is -2.25. The van der Waals surface area contributed by atoms with E-state index in [4.69, 9.17) is 6.57 Å². The first-order chi connectivity index (χ1) is 25.7. The van der Waals surface area contributed by atoms with Crippen molar-refractivity contribution in [1.82, 2.24) is 0 Å². The normalized spacial score (nSPS) is 11.3. The van der Waals surface area contributed by atoms with Crippen LogP contribution < -0.4 is 9.80 Å². The maximum Gasteiger partial charge on any atom is 0.194 e. The molecule has 0 radical (unpaired) electrons. The fraction of sp³-hybridized carbons (Fsp3) is 0. The molecule has 4 nitrogen and oxygen atoms in total. The molecule has 0 heterocycles. The van der Waals surface area contributed by atoms with Crippen molar-refractivity contribution in [3.05, 3.63) is 228 Å². The average Bonchev–Trinajstić information content (AvgIpc) is 3.22. The molecule has 0 aliphatic heterocycles. The van der Waals surface area contributed by atoms with Crippen molar-refractivity contribution in [2.45, 2.75) is 0 Å². The summed E-state index contributed by atoms with van der Waals surface area (Å²) < 4.78 is 0. The van der Waals surface area contributed by atoms with E-state index in [1.165, 1.54) is 0 Å². The Bertz CT molecular complexity index is 2120. The molecular weight excluding hydrogens is 633 g/mol. The maximum absolute atomic E-state index is 10.1. The molecule has 52 heavy (non-hydrogen) atoms. The van der Waals surface area contributed by atoms with E-state index in [1.54, 1.807) is 0 Å². The number of allylic oxidation sites excluding steroid dienone is 1. The van der Waals surface area contributed by atoms with Crippen LogP contribution in [-0.4, -0.2) is 0 Å². The van der Waals surface area contributed by atoms with E-state index in [1.807, 2.05) is 133 Å². The van der Waals surface area contributed by atoms with Gasteiger partial charge in [-0.15, -0.1) is 0 Å². The van der Waals surface area contributed by atoms with Crippen molar-refractivity contribution in [1.29, 1.82) is 5.26 Å². The van der Waals surface area contributed by atoms with Crippen LogP contribution in [0.4, 0.5) is 34.1 Å². The molecule has 0 spiro atoms. The minimum atomic E-state index is 0.529. The van der Waals surface area contributed by atoms with Gasteiger partial charge in [-0.05, 0) is 107 Å². The fourth-order valence-corrected chi connectivity index (χ4v) is 6.15. The number of hydrogen-bond donors (Lipinski definition) is 0. The number of anilines is 6. The molecule has 0 aromatic heterocycles. The number of para-hydroxylation sites is 4. The molecule has 0 aliphatic rings. The Labute approximate surface area is 305 Å². The molecule has 0 saturated heterocycles. The molecule has 0 amide bonds. The van der Waals surface area contributed by atoms with Crippen LogP contribution >= 0.6 is 0 Å². The molecule has 0 fully saturated rings. The van der Waals surface area contributed by atoms with Gasteiger partial charge in [-0.25, -0.2) is 4.85 Å². The van der Waals surface area contributed by atoms with Gasteiger partial charge in [0, 0.05) is 34.1 Å². The fourth-order valence-electron chi connectivity index (χ4n) is 6.15. The molecule has 7 rings (SSSR count). The van der Waals surface area contributed by atoms with Gasteiger partial charge in [0.25, 0.3) is 0 Å². The molecule has 7 aromatic carbocycles. The van der Waals surface area contributed by atoms with Crippen molar-refractivity contribution in [3.8, 4) is 6.07 Å². The number of benzene rings is 7. The van der Waals surface area contributed by atoms with Crippen LogP contribution in [0.2, 0.25) is 0 Å². The Morgan fingerprint density at radius 1 is 0.423 bits per heavy atom. The zero-order chi connectivity index (χ0) is 35.5. The molecule has 7 aromatic rings. The molecule has 0 saturated carbocycles. The van der Waals surface area contributed by atoms with E-state index in [0.717, 1.165) is 56.4 Å². The number of rotatable bonds is 10. The third-order valence-electron chi connectivity index (χ3n) is 8.71. The van der Waals surface area contributed by atoms with Crippen LogP contribution in [0, 0.1) is 17.9 Å². The molecule has 0 aliphatic carbocycles. The molecule has 0 bridgehead atoms. The Morgan fingerprint density at radius 3 is 1.10 bits per heavy atom. The Morgan fingerprint density at radius 2 is 0.750 bits per heavy atom. The third kappa shape index (κ3) is 7.58. The van der Waals surface area contributed by atoms with Gasteiger partial charge < -0.3 is 9.80 Å². The van der Waals surface area contributed by atoms with Crippen molar-refractivity contribution >= 4 is 57.5 Å². The summed E-state index contributed by atoms with van der Waals surface area (Å²) >= 11 is 0. The second kappa shape index (κ2) is 15.9. The van der Waals surface area contributed by atoms with E-state index in [2.05, 4.69) is 93.5 Å². The van der Waals surface area contributed by atoms with Crippen LogP contribution in [0.25, 0.3) is 28.3 Å². The van der Waals surface area contributed by atoms with E-state index in [-0.39, 0.29) is 0 Å². The van der Waals surface area contributed by atoms with E-state index < -0.39 is 0 Å². The van der Waals surface area contributed by atoms with Crippen LogP contribution in [-0.2, 0) is 0 Å². The van der Waals surface area contributed by atoms with Crippen molar-refractivity contribution in [2.24, 2.45) is 0 Å². The lowest BCUT2D eigenvalue weighted by molar-refractivity contribution is 1.28. The molecule has 0 N–H and O–H groups in total. The molecule has 0 unspecified atom stereocenters. The highest BCUT2D eigenvalue weighted by Crippen LogP contribution is 2.36. The quantitative estimate of drug-likeness (QED) is 0.0828. The zero-order valence-electron chi connectivity index (χ0n) is 28.4. The summed E-state index contributed by atoms with van der Waals surface area (Å²) in [6.07, 6.45) is 3.80. The lowest BCUT2D eigenvalue weighted by atomic mass is 10.0. The van der Waals surface area contributed by atoms with Crippen molar-refractivity contribution in [3.63, 3.8) is 0 Å². The van der Waals surface area contributed by atoms with Crippen molar-refractivity contribution in [2.75, 3.05) is 9.80 Å². The van der Waals surface area contributed by atoms with E-state index in [0.29, 0.717) is 11.3 Å². The van der Waals surface area contributed by atoms with Crippen LogP contribution in [0.15, 0.2) is 194 Å². The summed E-state index contributed by atoms with van der Waals surface area (Å²) in [5, 5.41) is 10.1. The minimum absolute atomic E-state index is 0.529. The Hall–Kier alpha value is -7.40. The minimum Gasteiger partial charge on any atom is -0.311 e. The monoisotopic (exact) mass is 666 g/mol. The predicted octanol–water partition coefficient (Wildman–Crippen LogP) is 13.1. The third-order valence-corrected chi connectivity index (χ3v) is 8.71.